The molecule has 1 atom stereocenters. The topological polar surface area (TPSA) is 122 Å². The van der Waals surface area contributed by atoms with Gasteiger partial charge in [0.05, 0.1) is 29.4 Å². The van der Waals surface area contributed by atoms with Crippen LogP contribution in [-0.4, -0.2) is 78.8 Å². The second-order valence-corrected chi connectivity index (χ2v) is 12.4. The number of carbonyl (C=O) groups excluding carboxylic acids is 1. The first-order valence-electron chi connectivity index (χ1n) is 11.1. The van der Waals surface area contributed by atoms with Gasteiger partial charge in [-0.3, -0.25) is 4.79 Å². The molecule has 0 radical (unpaired) electrons. The molecule has 1 unspecified atom stereocenters. The van der Waals surface area contributed by atoms with Crippen LogP contribution in [0, 0.1) is 5.92 Å². The molecule has 2 aromatic rings. The van der Waals surface area contributed by atoms with Crippen LogP contribution in [-0.2, 0) is 24.8 Å². The first-order valence-corrected chi connectivity index (χ1v) is 14.0. The Morgan fingerprint density at radius 1 is 1.00 bits per heavy atom. The average molecular weight is 526 g/mol. The van der Waals surface area contributed by atoms with Gasteiger partial charge in [-0.2, -0.15) is 4.31 Å². The number of benzene rings is 2. The maximum Gasteiger partial charge on any atom is 0.243 e. The standard InChI is InChI=1S/C23H31N3O7S2/c1-25(2)34(28,29)21-12-8-20(9-13-21)33-16-14-24-23(27)18-5-4-15-26(17-18)35(30,31)22-10-6-19(32-3)7-11-22/h6-13,18H,4-5,14-17H2,1-3H3,(H,24,27). The highest BCUT2D eigenvalue weighted by atomic mass is 32.2. The monoisotopic (exact) mass is 525 g/mol. The molecule has 0 bridgehead atoms. The van der Waals surface area contributed by atoms with Crippen molar-refractivity contribution in [3.63, 3.8) is 0 Å². The number of nitrogens with one attached hydrogen (secondary N) is 1. The molecule has 1 amide bonds. The van der Waals surface area contributed by atoms with Crippen molar-refractivity contribution in [3.8, 4) is 11.5 Å². The number of nitrogens with zero attached hydrogens (tertiary/aromatic N) is 2. The van der Waals surface area contributed by atoms with E-state index in [9.17, 15) is 21.6 Å². The summed E-state index contributed by atoms with van der Waals surface area (Å²) in [5.41, 5.74) is 0. The van der Waals surface area contributed by atoms with E-state index in [-0.39, 0.29) is 35.4 Å². The van der Waals surface area contributed by atoms with E-state index in [1.54, 1.807) is 24.3 Å². The molecule has 12 heteroatoms. The van der Waals surface area contributed by atoms with Gasteiger partial charge in [0, 0.05) is 27.2 Å². The van der Waals surface area contributed by atoms with E-state index in [1.807, 2.05) is 0 Å². The summed E-state index contributed by atoms with van der Waals surface area (Å²) in [6.07, 6.45) is 1.19. The highest BCUT2D eigenvalue weighted by molar-refractivity contribution is 7.89. The molecule has 2 aromatic carbocycles. The van der Waals surface area contributed by atoms with Gasteiger partial charge in [-0.15, -0.1) is 0 Å². The maximum atomic E-state index is 13.0. The summed E-state index contributed by atoms with van der Waals surface area (Å²) in [6.45, 7) is 0.897. The largest absolute Gasteiger partial charge is 0.497 e. The van der Waals surface area contributed by atoms with Crippen LogP contribution in [0.1, 0.15) is 12.8 Å². The van der Waals surface area contributed by atoms with Gasteiger partial charge in [0.1, 0.15) is 18.1 Å². The van der Waals surface area contributed by atoms with Gasteiger partial charge >= 0.3 is 0 Å². The van der Waals surface area contributed by atoms with Crippen molar-refractivity contribution >= 4 is 26.0 Å². The Hall–Kier alpha value is -2.67. The number of rotatable bonds is 10. The highest BCUT2D eigenvalue weighted by Gasteiger charge is 2.33. The van der Waals surface area contributed by atoms with Crippen LogP contribution in [0.5, 0.6) is 11.5 Å². The van der Waals surface area contributed by atoms with Gasteiger partial charge in [0.15, 0.2) is 0 Å². The Balaban J connectivity index is 1.49. The lowest BCUT2D eigenvalue weighted by Gasteiger charge is -2.31. The minimum Gasteiger partial charge on any atom is -0.497 e. The lowest BCUT2D eigenvalue weighted by atomic mass is 9.99. The zero-order valence-corrected chi connectivity index (χ0v) is 21.6. The zero-order valence-electron chi connectivity index (χ0n) is 20.0. The Morgan fingerprint density at radius 3 is 2.20 bits per heavy atom. The highest BCUT2D eigenvalue weighted by Crippen LogP contribution is 2.25. The first kappa shape index (κ1) is 26.9. The number of hydrogen-bond acceptors (Lipinski definition) is 7. The minimum atomic E-state index is -3.71. The molecule has 1 N–H and O–H groups in total. The van der Waals surface area contributed by atoms with Crippen molar-refractivity contribution in [2.45, 2.75) is 22.6 Å². The van der Waals surface area contributed by atoms with Crippen LogP contribution < -0.4 is 14.8 Å². The summed E-state index contributed by atoms with van der Waals surface area (Å²) < 4.78 is 63.3. The fourth-order valence-electron chi connectivity index (χ4n) is 3.68. The number of sulfonamides is 2. The molecule has 192 valence electrons. The molecule has 0 aliphatic carbocycles. The zero-order chi connectivity index (χ0) is 25.6. The molecule has 0 saturated carbocycles. The van der Waals surface area contributed by atoms with Crippen LogP contribution >= 0.6 is 0 Å². The predicted octanol–water partition coefficient (Wildman–Crippen LogP) is 1.54. The van der Waals surface area contributed by atoms with Gasteiger partial charge < -0.3 is 14.8 Å². The molecular formula is C23H31N3O7S2. The summed E-state index contributed by atoms with van der Waals surface area (Å²) in [7, 11) is -2.78. The van der Waals surface area contributed by atoms with E-state index in [4.69, 9.17) is 9.47 Å². The Kier molecular flexibility index (Phi) is 8.75. The Labute approximate surface area is 206 Å². The van der Waals surface area contributed by atoms with Crippen LogP contribution in [0.3, 0.4) is 0 Å². The van der Waals surface area contributed by atoms with E-state index in [0.29, 0.717) is 30.9 Å². The third-order valence-electron chi connectivity index (χ3n) is 5.72. The van der Waals surface area contributed by atoms with Gasteiger partial charge in [0.2, 0.25) is 26.0 Å². The Bertz CT molecular complexity index is 1210. The molecule has 1 aliphatic rings. The van der Waals surface area contributed by atoms with E-state index in [0.717, 1.165) is 4.31 Å². The van der Waals surface area contributed by atoms with Crippen LogP contribution in [0.2, 0.25) is 0 Å². The molecule has 35 heavy (non-hydrogen) atoms. The van der Waals surface area contributed by atoms with Crippen LogP contribution in [0.25, 0.3) is 0 Å². The fourth-order valence-corrected chi connectivity index (χ4v) is 6.10. The molecule has 0 spiro atoms. The summed E-state index contributed by atoms with van der Waals surface area (Å²) in [4.78, 5) is 13.0. The third kappa shape index (κ3) is 6.51. The summed E-state index contributed by atoms with van der Waals surface area (Å²) in [6, 6.07) is 12.2. The number of carbonyl (C=O) groups is 1. The van der Waals surface area contributed by atoms with Gasteiger partial charge in [-0.05, 0) is 61.4 Å². The van der Waals surface area contributed by atoms with Crippen LogP contribution in [0.15, 0.2) is 58.3 Å². The van der Waals surface area contributed by atoms with Crippen LogP contribution in [0.4, 0.5) is 0 Å². The number of piperidine rings is 1. The lowest BCUT2D eigenvalue weighted by molar-refractivity contribution is -0.126. The summed E-state index contributed by atoms with van der Waals surface area (Å²) >= 11 is 0. The molecule has 1 saturated heterocycles. The van der Waals surface area contributed by atoms with Crippen molar-refractivity contribution in [2.75, 3.05) is 47.4 Å². The Morgan fingerprint density at radius 2 is 1.60 bits per heavy atom. The average Bonchev–Trinajstić information content (AvgIpc) is 2.86. The molecule has 0 aromatic heterocycles. The number of amides is 1. The molecule has 10 nitrogen and oxygen atoms in total. The second-order valence-electron chi connectivity index (χ2n) is 8.28. The summed E-state index contributed by atoms with van der Waals surface area (Å²) in [5, 5.41) is 2.80. The molecular weight excluding hydrogens is 494 g/mol. The quantitative estimate of drug-likeness (QED) is 0.467. The van der Waals surface area contributed by atoms with Gasteiger partial charge in [-0.1, -0.05) is 0 Å². The summed E-state index contributed by atoms with van der Waals surface area (Å²) in [5.74, 6) is 0.367. The lowest BCUT2D eigenvalue weighted by Crippen LogP contribution is -2.45. The normalized spacial score (nSPS) is 17.2. The molecule has 1 aliphatic heterocycles. The van der Waals surface area contributed by atoms with Crippen molar-refractivity contribution in [3.05, 3.63) is 48.5 Å². The van der Waals surface area contributed by atoms with Crippen molar-refractivity contribution in [1.29, 1.82) is 0 Å². The van der Waals surface area contributed by atoms with Crippen molar-refractivity contribution in [2.24, 2.45) is 5.92 Å². The number of hydrogen-bond donors (Lipinski definition) is 1. The van der Waals surface area contributed by atoms with Crippen molar-refractivity contribution in [1.82, 2.24) is 13.9 Å². The number of ether oxygens (including phenoxy) is 2. The SMILES string of the molecule is COc1ccc(S(=O)(=O)N2CCCC(C(=O)NCCOc3ccc(S(=O)(=O)N(C)C)cc3)C2)cc1. The molecule has 1 fully saturated rings. The third-order valence-corrected chi connectivity index (χ3v) is 9.43. The van der Waals surface area contributed by atoms with Gasteiger partial charge in [-0.25, -0.2) is 21.1 Å². The van der Waals surface area contributed by atoms with Gasteiger partial charge in [0.25, 0.3) is 0 Å². The first-order chi connectivity index (χ1) is 16.6. The molecule has 3 rings (SSSR count). The van der Waals surface area contributed by atoms with E-state index in [2.05, 4.69) is 5.32 Å². The van der Waals surface area contributed by atoms with E-state index >= 15 is 0 Å². The maximum absolute atomic E-state index is 13.0. The van der Waals surface area contributed by atoms with E-state index < -0.39 is 26.0 Å². The fraction of sp³-hybridized carbons (Fsp3) is 0.435. The van der Waals surface area contributed by atoms with Crippen molar-refractivity contribution < 1.29 is 31.1 Å². The van der Waals surface area contributed by atoms with E-state index in [1.165, 1.54) is 49.8 Å². The predicted molar refractivity (Wildman–Crippen MR) is 130 cm³/mol. The smallest absolute Gasteiger partial charge is 0.243 e. The number of methoxy groups -OCH3 is 1. The minimum absolute atomic E-state index is 0.114. The second kappa shape index (κ2) is 11.4. The molecule has 1 heterocycles.